The van der Waals surface area contributed by atoms with Crippen molar-refractivity contribution in [1.29, 1.82) is 0 Å². The van der Waals surface area contributed by atoms with E-state index in [0.29, 0.717) is 5.95 Å². The van der Waals surface area contributed by atoms with Crippen LogP contribution in [0.1, 0.15) is 23.7 Å². The van der Waals surface area contributed by atoms with Crippen molar-refractivity contribution in [3.8, 4) is 0 Å². The SMILES string of the molecule is CCCNc1ncc(C(N)=O)c(N)n1. The lowest BCUT2D eigenvalue weighted by molar-refractivity contribution is 0.100. The van der Waals surface area contributed by atoms with Crippen LogP contribution < -0.4 is 16.8 Å². The number of nitrogens with two attached hydrogens (primary N) is 2. The normalized spacial score (nSPS) is 9.79. The van der Waals surface area contributed by atoms with Crippen molar-refractivity contribution in [2.75, 3.05) is 17.6 Å². The van der Waals surface area contributed by atoms with Gasteiger partial charge in [0, 0.05) is 12.7 Å². The molecule has 6 heteroatoms. The molecule has 0 bridgehead atoms. The van der Waals surface area contributed by atoms with Crippen molar-refractivity contribution < 1.29 is 4.79 Å². The second kappa shape index (κ2) is 4.40. The van der Waals surface area contributed by atoms with Gasteiger partial charge < -0.3 is 16.8 Å². The van der Waals surface area contributed by atoms with Crippen molar-refractivity contribution in [3.05, 3.63) is 11.8 Å². The van der Waals surface area contributed by atoms with Crippen LogP contribution in [0.3, 0.4) is 0 Å². The monoisotopic (exact) mass is 195 g/mol. The van der Waals surface area contributed by atoms with Crippen molar-refractivity contribution in [2.45, 2.75) is 13.3 Å². The molecule has 0 fully saturated rings. The fraction of sp³-hybridized carbons (Fsp3) is 0.375. The number of nitrogens with one attached hydrogen (secondary N) is 1. The number of nitrogens with zero attached hydrogens (tertiary/aromatic N) is 2. The molecule has 14 heavy (non-hydrogen) atoms. The molecule has 6 nitrogen and oxygen atoms in total. The van der Waals surface area contributed by atoms with E-state index < -0.39 is 5.91 Å². The standard InChI is InChI=1S/C8H13N5O/c1-2-3-11-8-12-4-5(7(10)14)6(9)13-8/h4H,2-3H2,1H3,(H2,10,14)(H3,9,11,12,13). The van der Waals surface area contributed by atoms with Gasteiger partial charge in [-0.1, -0.05) is 6.92 Å². The number of nitrogen functional groups attached to an aromatic ring is 1. The molecule has 0 unspecified atom stereocenters. The molecule has 76 valence electrons. The van der Waals surface area contributed by atoms with Gasteiger partial charge in [0.25, 0.3) is 5.91 Å². The Labute approximate surface area is 81.7 Å². The van der Waals surface area contributed by atoms with Crippen LogP contribution in [0.4, 0.5) is 11.8 Å². The zero-order valence-electron chi connectivity index (χ0n) is 7.95. The molecular weight excluding hydrogens is 182 g/mol. The summed E-state index contributed by atoms with van der Waals surface area (Å²) in [6, 6.07) is 0. The average Bonchev–Trinajstić information content (AvgIpc) is 2.14. The second-order valence-electron chi connectivity index (χ2n) is 2.78. The predicted octanol–water partition coefficient (Wildman–Crippen LogP) is -0.0204. The number of primary amides is 1. The van der Waals surface area contributed by atoms with Crippen LogP contribution in [0.2, 0.25) is 0 Å². The van der Waals surface area contributed by atoms with Crippen LogP contribution in [0.25, 0.3) is 0 Å². The Kier molecular flexibility index (Phi) is 3.22. The van der Waals surface area contributed by atoms with Crippen molar-refractivity contribution in [1.82, 2.24) is 9.97 Å². The highest BCUT2D eigenvalue weighted by atomic mass is 16.1. The van der Waals surface area contributed by atoms with E-state index >= 15 is 0 Å². The Balaban J connectivity index is 2.83. The lowest BCUT2D eigenvalue weighted by Gasteiger charge is -2.04. The zero-order chi connectivity index (χ0) is 10.6. The van der Waals surface area contributed by atoms with Gasteiger partial charge in [-0.25, -0.2) is 4.98 Å². The first-order valence-electron chi connectivity index (χ1n) is 4.31. The van der Waals surface area contributed by atoms with Gasteiger partial charge in [-0.15, -0.1) is 0 Å². The Morgan fingerprint density at radius 2 is 2.36 bits per heavy atom. The van der Waals surface area contributed by atoms with E-state index in [4.69, 9.17) is 11.5 Å². The Hall–Kier alpha value is -1.85. The summed E-state index contributed by atoms with van der Waals surface area (Å²) in [6.07, 6.45) is 2.28. The number of carbonyl (C=O) groups is 1. The van der Waals surface area contributed by atoms with E-state index in [2.05, 4.69) is 15.3 Å². The van der Waals surface area contributed by atoms with E-state index in [1.54, 1.807) is 0 Å². The minimum absolute atomic E-state index is 0.103. The van der Waals surface area contributed by atoms with Crippen LogP contribution >= 0.6 is 0 Å². The first-order chi connectivity index (χ1) is 6.65. The minimum atomic E-state index is -0.621. The molecule has 0 radical (unpaired) electrons. The smallest absolute Gasteiger partial charge is 0.254 e. The first-order valence-corrected chi connectivity index (χ1v) is 4.31. The molecule has 5 N–H and O–H groups in total. The molecular formula is C8H13N5O. The minimum Gasteiger partial charge on any atom is -0.383 e. The van der Waals surface area contributed by atoms with Gasteiger partial charge in [-0.3, -0.25) is 4.79 Å². The largest absolute Gasteiger partial charge is 0.383 e. The summed E-state index contributed by atoms with van der Waals surface area (Å²) in [6.45, 7) is 2.78. The Morgan fingerprint density at radius 3 is 2.86 bits per heavy atom. The van der Waals surface area contributed by atoms with E-state index in [1.807, 2.05) is 6.92 Å². The van der Waals surface area contributed by atoms with Crippen LogP contribution in [-0.4, -0.2) is 22.4 Å². The van der Waals surface area contributed by atoms with Gasteiger partial charge in [0.15, 0.2) is 0 Å². The summed E-state index contributed by atoms with van der Waals surface area (Å²) in [4.78, 5) is 18.6. The van der Waals surface area contributed by atoms with Crippen molar-refractivity contribution >= 4 is 17.7 Å². The zero-order valence-corrected chi connectivity index (χ0v) is 7.95. The number of rotatable bonds is 4. The topological polar surface area (TPSA) is 107 Å². The summed E-state index contributed by atoms with van der Waals surface area (Å²) in [5.74, 6) is -0.106. The van der Waals surface area contributed by atoms with Gasteiger partial charge in [-0.2, -0.15) is 4.98 Å². The van der Waals surface area contributed by atoms with Gasteiger partial charge in [0.1, 0.15) is 5.82 Å². The highest BCUT2D eigenvalue weighted by Gasteiger charge is 2.08. The van der Waals surface area contributed by atoms with Crippen molar-refractivity contribution in [2.24, 2.45) is 5.73 Å². The molecule has 0 aliphatic rings. The molecule has 0 saturated carbocycles. The van der Waals surface area contributed by atoms with E-state index in [0.717, 1.165) is 13.0 Å². The number of amides is 1. The number of aromatic nitrogens is 2. The molecule has 0 aliphatic carbocycles. The molecule has 1 rings (SSSR count). The average molecular weight is 195 g/mol. The Bertz CT molecular complexity index is 339. The number of carbonyl (C=O) groups excluding carboxylic acids is 1. The van der Waals surface area contributed by atoms with Gasteiger partial charge in [0.2, 0.25) is 5.95 Å². The molecule has 0 saturated heterocycles. The van der Waals surface area contributed by atoms with E-state index in [-0.39, 0.29) is 11.4 Å². The fourth-order valence-corrected chi connectivity index (χ4v) is 0.907. The molecule has 0 aromatic carbocycles. The summed E-state index contributed by atoms with van der Waals surface area (Å²) >= 11 is 0. The summed E-state index contributed by atoms with van der Waals surface area (Å²) < 4.78 is 0. The number of hydrogen-bond donors (Lipinski definition) is 3. The third-order valence-corrected chi connectivity index (χ3v) is 1.62. The predicted molar refractivity (Wildman–Crippen MR) is 53.7 cm³/mol. The second-order valence-corrected chi connectivity index (χ2v) is 2.78. The molecule has 1 aromatic rings. The molecule has 1 heterocycles. The maximum Gasteiger partial charge on any atom is 0.254 e. The number of hydrogen-bond acceptors (Lipinski definition) is 5. The van der Waals surface area contributed by atoms with Gasteiger partial charge >= 0.3 is 0 Å². The van der Waals surface area contributed by atoms with Gasteiger partial charge in [0.05, 0.1) is 5.56 Å². The quantitative estimate of drug-likeness (QED) is 0.625. The van der Waals surface area contributed by atoms with Crippen LogP contribution in [-0.2, 0) is 0 Å². The highest BCUT2D eigenvalue weighted by molar-refractivity contribution is 5.96. The lowest BCUT2D eigenvalue weighted by atomic mass is 10.3. The first kappa shape index (κ1) is 10.2. The summed E-state index contributed by atoms with van der Waals surface area (Å²) in [7, 11) is 0. The molecule has 0 atom stereocenters. The molecule has 0 spiro atoms. The number of anilines is 2. The Morgan fingerprint density at radius 1 is 1.64 bits per heavy atom. The van der Waals surface area contributed by atoms with E-state index in [9.17, 15) is 4.79 Å². The molecule has 0 aliphatic heterocycles. The van der Waals surface area contributed by atoms with Crippen LogP contribution in [0.15, 0.2) is 6.20 Å². The van der Waals surface area contributed by atoms with Gasteiger partial charge in [-0.05, 0) is 6.42 Å². The third kappa shape index (κ3) is 2.32. The van der Waals surface area contributed by atoms with Crippen LogP contribution in [0.5, 0.6) is 0 Å². The summed E-state index contributed by atoms with van der Waals surface area (Å²) in [5.41, 5.74) is 10.7. The highest BCUT2D eigenvalue weighted by Crippen LogP contribution is 2.08. The van der Waals surface area contributed by atoms with E-state index in [1.165, 1.54) is 6.20 Å². The maximum atomic E-state index is 10.8. The maximum absolute atomic E-state index is 10.8. The fourth-order valence-electron chi connectivity index (χ4n) is 0.907. The van der Waals surface area contributed by atoms with Crippen LogP contribution in [0, 0.1) is 0 Å². The third-order valence-electron chi connectivity index (χ3n) is 1.62. The molecule has 1 amide bonds. The molecule has 1 aromatic heterocycles. The van der Waals surface area contributed by atoms with Crippen molar-refractivity contribution in [3.63, 3.8) is 0 Å². The lowest BCUT2D eigenvalue weighted by Crippen LogP contribution is -2.16. The summed E-state index contributed by atoms with van der Waals surface area (Å²) in [5, 5.41) is 2.95.